The van der Waals surface area contributed by atoms with Crippen LogP contribution in [-0.2, 0) is 11.3 Å². The minimum absolute atomic E-state index is 0.109. The number of hydrogen-bond acceptors (Lipinski definition) is 3. The summed E-state index contributed by atoms with van der Waals surface area (Å²) in [6, 6.07) is 3.26. The molecule has 5 nitrogen and oxygen atoms in total. The number of aliphatic carboxylic acids is 1. The summed E-state index contributed by atoms with van der Waals surface area (Å²) in [6.07, 6.45) is 3.13. The number of rotatable bonds is 7. The molecule has 0 unspecified atom stereocenters. The molecule has 3 N–H and O–H groups in total. The van der Waals surface area contributed by atoms with Crippen LogP contribution in [0.1, 0.15) is 32.3 Å². The van der Waals surface area contributed by atoms with Gasteiger partial charge in [0.05, 0.1) is 5.41 Å². The van der Waals surface area contributed by atoms with Crippen molar-refractivity contribution in [1.82, 2.24) is 10.3 Å². The molecule has 0 saturated carbocycles. The largest absolute Gasteiger partial charge is 0.481 e. The number of pyridine rings is 1. The first kappa shape index (κ1) is 14.4. The lowest BCUT2D eigenvalue weighted by Gasteiger charge is -2.18. The van der Waals surface area contributed by atoms with Crippen molar-refractivity contribution in [3.63, 3.8) is 0 Å². The summed E-state index contributed by atoms with van der Waals surface area (Å²) in [4.78, 5) is 24.3. The predicted octanol–water partition coefficient (Wildman–Crippen LogP) is 1.36. The molecular formula is C13H20N2O3. The maximum atomic E-state index is 10.9. The van der Waals surface area contributed by atoms with Crippen molar-refractivity contribution >= 4 is 5.97 Å². The van der Waals surface area contributed by atoms with E-state index < -0.39 is 11.4 Å². The van der Waals surface area contributed by atoms with Crippen molar-refractivity contribution < 1.29 is 9.90 Å². The normalized spacial score (nSPS) is 11.4. The topological polar surface area (TPSA) is 82.2 Å². The SMILES string of the molecule is CC(C)(CCCNCc1ccc(=O)[nH]c1)C(=O)O. The Morgan fingerprint density at radius 1 is 1.44 bits per heavy atom. The van der Waals surface area contributed by atoms with E-state index in [2.05, 4.69) is 10.3 Å². The van der Waals surface area contributed by atoms with Gasteiger partial charge in [0, 0.05) is 18.8 Å². The van der Waals surface area contributed by atoms with E-state index in [0.29, 0.717) is 13.0 Å². The Hall–Kier alpha value is -1.62. The van der Waals surface area contributed by atoms with Crippen LogP contribution in [0.2, 0.25) is 0 Å². The molecule has 1 aromatic rings. The first-order chi connectivity index (χ1) is 8.42. The van der Waals surface area contributed by atoms with Gasteiger partial charge in [-0.25, -0.2) is 0 Å². The van der Waals surface area contributed by atoms with Crippen molar-refractivity contribution in [3.8, 4) is 0 Å². The van der Waals surface area contributed by atoms with E-state index in [1.807, 2.05) is 0 Å². The summed E-state index contributed by atoms with van der Waals surface area (Å²) >= 11 is 0. The van der Waals surface area contributed by atoms with Gasteiger partial charge >= 0.3 is 5.97 Å². The molecule has 0 fully saturated rings. The van der Waals surface area contributed by atoms with E-state index in [-0.39, 0.29) is 5.56 Å². The van der Waals surface area contributed by atoms with E-state index in [1.54, 1.807) is 26.1 Å². The summed E-state index contributed by atoms with van der Waals surface area (Å²) in [7, 11) is 0. The fourth-order valence-corrected chi connectivity index (χ4v) is 1.55. The van der Waals surface area contributed by atoms with Crippen molar-refractivity contribution in [3.05, 3.63) is 34.2 Å². The number of H-pyrrole nitrogens is 1. The van der Waals surface area contributed by atoms with Gasteiger partial charge in [0.25, 0.3) is 0 Å². The zero-order chi connectivity index (χ0) is 13.6. The molecule has 0 spiro atoms. The highest BCUT2D eigenvalue weighted by Gasteiger charge is 2.25. The fourth-order valence-electron chi connectivity index (χ4n) is 1.55. The van der Waals surface area contributed by atoms with Gasteiger partial charge in [-0.2, -0.15) is 0 Å². The van der Waals surface area contributed by atoms with E-state index in [4.69, 9.17) is 5.11 Å². The van der Waals surface area contributed by atoms with Gasteiger partial charge in [-0.05, 0) is 38.8 Å². The van der Waals surface area contributed by atoms with Gasteiger partial charge in [0.1, 0.15) is 0 Å². The third kappa shape index (κ3) is 4.71. The summed E-state index contributed by atoms with van der Waals surface area (Å²) in [5.74, 6) is -0.761. The minimum atomic E-state index is -0.761. The molecule has 0 aromatic carbocycles. The minimum Gasteiger partial charge on any atom is -0.481 e. The lowest BCUT2D eigenvalue weighted by molar-refractivity contribution is -0.147. The molecule has 0 bridgehead atoms. The quantitative estimate of drug-likeness (QED) is 0.640. The lowest BCUT2D eigenvalue weighted by Crippen LogP contribution is -2.25. The van der Waals surface area contributed by atoms with Crippen LogP contribution in [-0.4, -0.2) is 22.6 Å². The second-order valence-electron chi connectivity index (χ2n) is 5.03. The molecular weight excluding hydrogens is 232 g/mol. The molecule has 0 radical (unpaired) electrons. The number of nitrogens with one attached hydrogen (secondary N) is 2. The second kappa shape index (κ2) is 6.35. The third-order valence-electron chi connectivity index (χ3n) is 2.91. The summed E-state index contributed by atoms with van der Waals surface area (Å²) in [6.45, 7) is 4.90. The number of carboxylic acids is 1. The highest BCUT2D eigenvalue weighted by atomic mass is 16.4. The molecule has 0 atom stereocenters. The van der Waals surface area contributed by atoms with Crippen molar-refractivity contribution in [1.29, 1.82) is 0 Å². The van der Waals surface area contributed by atoms with Crippen LogP contribution in [0.5, 0.6) is 0 Å². The van der Waals surface area contributed by atoms with Gasteiger partial charge < -0.3 is 15.4 Å². The van der Waals surface area contributed by atoms with Crippen molar-refractivity contribution in [2.75, 3.05) is 6.54 Å². The highest BCUT2D eigenvalue weighted by Crippen LogP contribution is 2.21. The van der Waals surface area contributed by atoms with Crippen molar-refractivity contribution in [2.24, 2.45) is 5.41 Å². The molecule has 1 aromatic heterocycles. The van der Waals surface area contributed by atoms with Crippen LogP contribution in [0.25, 0.3) is 0 Å². The monoisotopic (exact) mass is 252 g/mol. The molecule has 1 heterocycles. The Balaban J connectivity index is 2.21. The van der Waals surface area contributed by atoms with Crippen LogP contribution in [0, 0.1) is 5.41 Å². The molecule has 0 aliphatic heterocycles. The van der Waals surface area contributed by atoms with E-state index >= 15 is 0 Å². The number of aromatic nitrogens is 1. The standard InChI is InChI=1S/C13H20N2O3/c1-13(2,12(17)18)6-3-7-14-8-10-4-5-11(16)15-9-10/h4-5,9,14H,3,6-8H2,1-2H3,(H,15,16)(H,17,18). The first-order valence-corrected chi connectivity index (χ1v) is 6.03. The summed E-state index contributed by atoms with van der Waals surface area (Å²) < 4.78 is 0. The average molecular weight is 252 g/mol. The number of hydrogen-bond donors (Lipinski definition) is 3. The van der Waals surface area contributed by atoms with Crippen LogP contribution in [0.15, 0.2) is 23.1 Å². The Kier molecular flexibility index (Phi) is 5.09. The van der Waals surface area contributed by atoms with Crippen LogP contribution < -0.4 is 10.9 Å². The maximum absolute atomic E-state index is 10.9. The molecule has 0 aliphatic carbocycles. The highest BCUT2D eigenvalue weighted by molar-refractivity contribution is 5.73. The van der Waals surface area contributed by atoms with Gasteiger partial charge in [-0.1, -0.05) is 6.07 Å². The zero-order valence-electron chi connectivity index (χ0n) is 10.8. The predicted molar refractivity (Wildman–Crippen MR) is 69.4 cm³/mol. The van der Waals surface area contributed by atoms with Gasteiger partial charge in [0.15, 0.2) is 0 Å². The number of carboxylic acid groups (broad SMARTS) is 1. The van der Waals surface area contributed by atoms with E-state index in [0.717, 1.165) is 18.5 Å². The smallest absolute Gasteiger partial charge is 0.309 e. The molecule has 100 valence electrons. The molecule has 0 aliphatic rings. The molecule has 5 heteroatoms. The third-order valence-corrected chi connectivity index (χ3v) is 2.91. The Morgan fingerprint density at radius 3 is 2.72 bits per heavy atom. The first-order valence-electron chi connectivity index (χ1n) is 6.03. The second-order valence-corrected chi connectivity index (χ2v) is 5.03. The zero-order valence-corrected chi connectivity index (χ0v) is 10.8. The molecule has 0 saturated heterocycles. The van der Waals surface area contributed by atoms with Gasteiger partial charge in [-0.15, -0.1) is 0 Å². The van der Waals surface area contributed by atoms with Crippen LogP contribution in [0.4, 0.5) is 0 Å². The summed E-state index contributed by atoms with van der Waals surface area (Å²) in [5.41, 5.74) is 0.230. The van der Waals surface area contributed by atoms with Crippen LogP contribution >= 0.6 is 0 Å². The number of carbonyl (C=O) groups is 1. The van der Waals surface area contributed by atoms with Crippen LogP contribution in [0.3, 0.4) is 0 Å². The summed E-state index contributed by atoms with van der Waals surface area (Å²) in [5, 5.41) is 12.2. The Labute approximate surface area is 106 Å². The van der Waals surface area contributed by atoms with Crippen molar-refractivity contribution in [2.45, 2.75) is 33.2 Å². The Morgan fingerprint density at radius 2 is 2.17 bits per heavy atom. The van der Waals surface area contributed by atoms with E-state index in [1.165, 1.54) is 6.07 Å². The molecule has 0 amide bonds. The number of aromatic amines is 1. The van der Waals surface area contributed by atoms with E-state index in [9.17, 15) is 9.59 Å². The van der Waals surface area contributed by atoms with Gasteiger partial charge in [-0.3, -0.25) is 9.59 Å². The van der Waals surface area contributed by atoms with Gasteiger partial charge in [0.2, 0.25) is 5.56 Å². The average Bonchev–Trinajstić information content (AvgIpc) is 2.31. The lowest BCUT2D eigenvalue weighted by atomic mass is 9.88. The Bertz CT molecular complexity index is 431. The fraction of sp³-hybridized carbons (Fsp3) is 0.538. The molecule has 1 rings (SSSR count). The molecule has 18 heavy (non-hydrogen) atoms. The maximum Gasteiger partial charge on any atom is 0.309 e.